The van der Waals surface area contributed by atoms with Crippen LogP contribution >= 0.6 is 0 Å². The molecule has 1 aromatic carbocycles. The number of carbonyl (C=O) groups is 1. The number of benzene rings is 1. The monoisotopic (exact) mass is 328 g/mol. The van der Waals surface area contributed by atoms with Crippen LogP contribution in [0.4, 0.5) is 0 Å². The number of nitrogens with zero attached hydrogens (tertiary/aromatic N) is 1. The minimum Gasteiger partial charge on any atom is -0.508 e. The van der Waals surface area contributed by atoms with Crippen LogP contribution in [0, 0.1) is 0 Å². The lowest BCUT2D eigenvalue weighted by Crippen LogP contribution is -2.38. The molecule has 4 heteroatoms. The van der Waals surface area contributed by atoms with Gasteiger partial charge < -0.3 is 15.3 Å². The average molecular weight is 328 g/mol. The Morgan fingerprint density at radius 2 is 2.00 bits per heavy atom. The van der Waals surface area contributed by atoms with Crippen molar-refractivity contribution in [1.29, 1.82) is 0 Å². The highest BCUT2D eigenvalue weighted by molar-refractivity contribution is 6.01. The molecule has 24 heavy (non-hydrogen) atoms. The van der Waals surface area contributed by atoms with Gasteiger partial charge in [-0.3, -0.25) is 4.79 Å². The van der Waals surface area contributed by atoms with Crippen molar-refractivity contribution >= 4 is 11.5 Å². The molecule has 0 radical (unpaired) electrons. The maximum absolute atomic E-state index is 12.7. The second-order valence-corrected chi connectivity index (χ2v) is 7.02. The molecular weight excluding hydrogens is 300 g/mol. The van der Waals surface area contributed by atoms with Crippen LogP contribution in [0.5, 0.6) is 5.75 Å². The van der Waals surface area contributed by atoms with E-state index >= 15 is 0 Å². The molecule has 130 valence electrons. The molecule has 2 heterocycles. The Morgan fingerprint density at radius 1 is 1.21 bits per heavy atom. The first kappa shape index (κ1) is 17.0. The molecule has 3 rings (SSSR count). The normalized spacial score (nSPS) is 21.3. The number of nitrogens with one attached hydrogen (secondary N) is 1. The van der Waals surface area contributed by atoms with Gasteiger partial charge in [0.1, 0.15) is 5.75 Å². The van der Waals surface area contributed by atoms with Gasteiger partial charge in [0.25, 0.3) is 0 Å². The van der Waals surface area contributed by atoms with Crippen LogP contribution in [0.2, 0.25) is 0 Å². The summed E-state index contributed by atoms with van der Waals surface area (Å²) in [4.78, 5) is 15.2. The van der Waals surface area contributed by atoms with Crippen LogP contribution in [0.15, 0.2) is 29.8 Å². The van der Waals surface area contributed by atoms with E-state index in [0.717, 1.165) is 55.6 Å². The third-order valence-electron chi connectivity index (χ3n) is 5.24. The highest BCUT2D eigenvalue weighted by Crippen LogP contribution is 2.31. The van der Waals surface area contributed by atoms with Crippen LogP contribution in [-0.2, 0) is 4.79 Å². The lowest BCUT2D eigenvalue weighted by atomic mass is 9.92. The highest BCUT2D eigenvalue weighted by Gasteiger charge is 2.25. The van der Waals surface area contributed by atoms with E-state index in [-0.39, 0.29) is 11.7 Å². The number of piperidine rings is 1. The number of phenolic OH excluding ortho intramolecular Hbond substituents is 1. The van der Waals surface area contributed by atoms with Gasteiger partial charge in [0.15, 0.2) is 0 Å². The third kappa shape index (κ3) is 3.99. The van der Waals surface area contributed by atoms with Crippen molar-refractivity contribution in [1.82, 2.24) is 10.2 Å². The number of likely N-dealkylation sites (tertiary alicyclic amines) is 1. The zero-order chi connectivity index (χ0) is 16.9. The summed E-state index contributed by atoms with van der Waals surface area (Å²) in [6.45, 7) is 5.23. The topological polar surface area (TPSA) is 52.6 Å². The summed E-state index contributed by atoms with van der Waals surface area (Å²) in [5.74, 6) is 0.322. The second-order valence-electron chi connectivity index (χ2n) is 7.02. The minimum absolute atomic E-state index is 0.0645. The molecule has 0 aromatic heterocycles. The second kappa shape index (κ2) is 7.84. The van der Waals surface area contributed by atoms with Gasteiger partial charge in [-0.1, -0.05) is 18.6 Å². The lowest BCUT2D eigenvalue weighted by molar-refractivity contribution is -0.117. The Kier molecular flexibility index (Phi) is 5.56. The SMILES string of the molecule is CC(CC1=C(c2cccc(O)c2)CCCNC1=O)N1CCCCC1. The van der Waals surface area contributed by atoms with Crippen molar-refractivity contribution < 1.29 is 9.90 Å². The Morgan fingerprint density at radius 3 is 2.75 bits per heavy atom. The van der Waals surface area contributed by atoms with Crippen molar-refractivity contribution in [2.45, 2.75) is 51.5 Å². The largest absolute Gasteiger partial charge is 0.508 e. The smallest absolute Gasteiger partial charge is 0.247 e. The zero-order valence-electron chi connectivity index (χ0n) is 14.6. The van der Waals surface area contributed by atoms with Crippen LogP contribution < -0.4 is 5.32 Å². The number of aromatic hydroxyl groups is 1. The van der Waals surface area contributed by atoms with E-state index in [2.05, 4.69) is 17.1 Å². The Labute approximate surface area is 144 Å². The van der Waals surface area contributed by atoms with Crippen LogP contribution in [-0.4, -0.2) is 41.6 Å². The molecule has 0 saturated carbocycles. The summed E-state index contributed by atoms with van der Waals surface area (Å²) >= 11 is 0. The van der Waals surface area contributed by atoms with Crippen molar-refractivity contribution in [2.75, 3.05) is 19.6 Å². The average Bonchev–Trinajstić information content (AvgIpc) is 2.78. The Balaban J connectivity index is 1.89. The van der Waals surface area contributed by atoms with E-state index < -0.39 is 0 Å². The molecule has 1 unspecified atom stereocenters. The number of hydrogen-bond donors (Lipinski definition) is 2. The van der Waals surface area contributed by atoms with Crippen molar-refractivity contribution in [3.8, 4) is 5.75 Å². The Bertz CT molecular complexity index is 618. The quantitative estimate of drug-likeness (QED) is 0.891. The summed E-state index contributed by atoms with van der Waals surface area (Å²) in [6.07, 6.45) is 6.43. The molecule has 1 aromatic rings. The number of amides is 1. The summed E-state index contributed by atoms with van der Waals surface area (Å²) in [5.41, 5.74) is 2.98. The minimum atomic E-state index is 0.0645. The number of allylic oxidation sites excluding steroid dienone is 1. The first-order chi connectivity index (χ1) is 11.6. The van der Waals surface area contributed by atoms with E-state index in [1.54, 1.807) is 12.1 Å². The summed E-state index contributed by atoms with van der Waals surface area (Å²) in [7, 11) is 0. The molecule has 1 atom stereocenters. The van der Waals surface area contributed by atoms with Gasteiger partial charge >= 0.3 is 0 Å². The van der Waals surface area contributed by atoms with E-state index in [0.29, 0.717) is 6.04 Å². The maximum atomic E-state index is 12.7. The number of phenols is 1. The fourth-order valence-electron chi connectivity index (χ4n) is 3.87. The molecule has 4 nitrogen and oxygen atoms in total. The first-order valence-electron chi connectivity index (χ1n) is 9.19. The number of rotatable bonds is 4. The molecule has 2 N–H and O–H groups in total. The van der Waals surface area contributed by atoms with Gasteiger partial charge in [-0.15, -0.1) is 0 Å². The molecule has 0 bridgehead atoms. The summed E-state index contributed by atoms with van der Waals surface area (Å²) < 4.78 is 0. The third-order valence-corrected chi connectivity index (χ3v) is 5.24. The fourth-order valence-corrected chi connectivity index (χ4v) is 3.87. The van der Waals surface area contributed by atoms with Gasteiger partial charge in [-0.2, -0.15) is 0 Å². The van der Waals surface area contributed by atoms with E-state index in [1.165, 1.54) is 19.3 Å². The van der Waals surface area contributed by atoms with Crippen LogP contribution in [0.3, 0.4) is 0 Å². The maximum Gasteiger partial charge on any atom is 0.247 e. The van der Waals surface area contributed by atoms with E-state index in [9.17, 15) is 9.90 Å². The van der Waals surface area contributed by atoms with Crippen LogP contribution in [0.1, 0.15) is 51.0 Å². The lowest BCUT2D eigenvalue weighted by Gasteiger charge is -2.33. The zero-order valence-corrected chi connectivity index (χ0v) is 14.6. The molecule has 2 aliphatic rings. The van der Waals surface area contributed by atoms with Crippen LogP contribution in [0.25, 0.3) is 5.57 Å². The summed E-state index contributed by atoms with van der Waals surface area (Å²) in [5, 5.41) is 12.9. The van der Waals surface area contributed by atoms with Gasteiger partial charge in [0.05, 0.1) is 0 Å². The van der Waals surface area contributed by atoms with E-state index in [1.807, 2.05) is 12.1 Å². The van der Waals surface area contributed by atoms with Gasteiger partial charge in [0.2, 0.25) is 5.91 Å². The molecule has 1 amide bonds. The Hall–Kier alpha value is -1.81. The molecule has 1 saturated heterocycles. The van der Waals surface area contributed by atoms with Crippen molar-refractivity contribution in [3.63, 3.8) is 0 Å². The fraction of sp³-hybridized carbons (Fsp3) is 0.550. The van der Waals surface area contributed by atoms with Crippen molar-refractivity contribution in [2.24, 2.45) is 0 Å². The standard InChI is InChI=1S/C20H28N2O2/c1-15(22-11-3-2-4-12-22)13-19-18(9-6-10-21-20(19)24)16-7-5-8-17(23)14-16/h5,7-8,14-15,23H,2-4,6,9-13H2,1H3,(H,21,24). The van der Waals surface area contributed by atoms with E-state index in [4.69, 9.17) is 0 Å². The molecule has 2 aliphatic heterocycles. The van der Waals surface area contributed by atoms with Crippen molar-refractivity contribution in [3.05, 3.63) is 35.4 Å². The highest BCUT2D eigenvalue weighted by atomic mass is 16.3. The first-order valence-corrected chi connectivity index (χ1v) is 9.19. The molecular formula is C20H28N2O2. The van der Waals surface area contributed by atoms with Gasteiger partial charge in [-0.25, -0.2) is 0 Å². The molecule has 0 aliphatic carbocycles. The summed E-state index contributed by atoms with van der Waals surface area (Å²) in [6, 6.07) is 7.68. The predicted molar refractivity (Wildman–Crippen MR) is 96.8 cm³/mol. The van der Waals surface area contributed by atoms with Gasteiger partial charge in [0, 0.05) is 18.2 Å². The number of hydrogen-bond acceptors (Lipinski definition) is 3. The predicted octanol–water partition coefficient (Wildman–Crippen LogP) is 3.32. The van der Waals surface area contributed by atoms with Gasteiger partial charge in [-0.05, 0) is 75.4 Å². The molecule has 0 spiro atoms. The number of carbonyl (C=O) groups excluding carboxylic acids is 1. The molecule has 1 fully saturated rings.